The number of piperazine rings is 1. The van der Waals surface area contributed by atoms with Gasteiger partial charge in [-0.15, -0.1) is 5.10 Å². The fraction of sp³-hybridized carbons (Fsp3) is 0.458. The predicted molar refractivity (Wildman–Crippen MR) is 142 cm³/mol. The molecule has 2 N–H and O–H groups in total. The second-order valence-electron chi connectivity index (χ2n) is 9.87. The lowest BCUT2D eigenvalue weighted by molar-refractivity contribution is 0.200. The maximum absolute atomic E-state index is 11.9. The summed E-state index contributed by atoms with van der Waals surface area (Å²) < 4.78 is 25.3. The summed E-state index contributed by atoms with van der Waals surface area (Å²) in [6, 6.07) is 8.06. The number of hydrogen-bond donors (Lipinski definition) is 2. The maximum atomic E-state index is 11.9. The van der Waals surface area contributed by atoms with Gasteiger partial charge in [0.2, 0.25) is 5.95 Å². The number of anilines is 4. The normalized spacial score (nSPS) is 21.2. The number of benzene rings is 1. The van der Waals surface area contributed by atoms with Crippen molar-refractivity contribution >= 4 is 50.2 Å². The number of sulfone groups is 1. The lowest BCUT2D eigenvalue weighted by atomic mass is 10.1. The zero-order valence-corrected chi connectivity index (χ0v) is 22.0. The van der Waals surface area contributed by atoms with Gasteiger partial charge in [0.1, 0.15) is 6.07 Å². The van der Waals surface area contributed by atoms with Crippen LogP contribution in [0.4, 0.5) is 23.1 Å². The SMILES string of the molecule is N#Cc1cc(Nc2nc(NC3CC3)c3ncc(C#N)n3n2)c(Cl)c(N2CCN(C3CCS(=O)(=O)C3)CC2)c1. The second kappa shape index (κ2) is 9.58. The molecule has 1 aliphatic carbocycles. The summed E-state index contributed by atoms with van der Waals surface area (Å²) in [6.07, 6.45) is 4.20. The Morgan fingerprint density at radius 3 is 2.53 bits per heavy atom. The number of halogens is 1. The van der Waals surface area contributed by atoms with E-state index in [1.165, 1.54) is 10.7 Å². The summed E-state index contributed by atoms with van der Waals surface area (Å²) in [5, 5.41) is 30.6. The van der Waals surface area contributed by atoms with E-state index in [0.717, 1.165) is 12.8 Å². The number of fused-ring (bicyclic) bond motifs is 1. The van der Waals surface area contributed by atoms with Crippen LogP contribution in [-0.2, 0) is 9.84 Å². The van der Waals surface area contributed by atoms with Crippen LogP contribution in [-0.4, -0.2) is 82.7 Å². The topological polar surface area (TPSA) is 155 Å². The smallest absolute Gasteiger partial charge is 0.247 e. The molecule has 12 nitrogen and oxygen atoms in total. The summed E-state index contributed by atoms with van der Waals surface area (Å²) in [6.45, 7) is 2.74. The Labute approximate surface area is 224 Å². The number of hydrogen-bond acceptors (Lipinski definition) is 11. The molecule has 3 aliphatic rings. The minimum Gasteiger partial charge on any atom is -0.368 e. The minimum atomic E-state index is -2.94. The summed E-state index contributed by atoms with van der Waals surface area (Å²) in [7, 11) is -2.94. The number of rotatable bonds is 6. The molecule has 4 heterocycles. The standard InChI is InChI=1S/C24H25ClN10O2S/c25-21-19(30-24-31-22(29-16-1-2-16)23-28-13-18(12-27)35(23)32-24)9-15(11-26)10-20(21)34-6-4-33(5-7-34)17-3-8-38(36,37)14-17/h9-10,13,16-17H,1-8,14H2,(H2,29,30,31,32). The highest BCUT2D eigenvalue weighted by Crippen LogP contribution is 2.37. The maximum Gasteiger partial charge on any atom is 0.247 e. The van der Waals surface area contributed by atoms with Crippen molar-refractivity contribution in [3.63, 3.8) is 0 Å². The third kappa shape index (κ3) is 4.80. The molecule has 3 fully saturated rings. The lowest BCUT2D eigenvalue weighted by Crippen LogP contribution is -2.50. The first-order valence-electron chi connectivity index (χ1n) is 12.5. The van der Waals surface area contributed by atoms with Gasteiger partial charge in [0.25, 0.3) is 0 Å². The highest BCUT2D eigenvalue weighted by molar-refractivity contribution is 7.91. The molecule has 1 saturated carbocycles. The molecule has 14 heteroatoms. The summed E-state index contributed by atoms with van der Waals surface area (Å²) in [4.78, 5) is 13.2. The lowest BCUT2D eigenvalue weighted by Gasteiger charge is -2.39. The molecule has 0 bridgehead atoms. The van der Waals surface area contributed by atoms with Crippen LogP contribution in [0.15, 0.2) is 18.3 Å². The van der Waals surface area contributed by atoms with E-state index in [1.54, 1.807) is 12.1 Å². The first-order valence-corrected chi connectivity index (χ1v) is 14.7. The van der Waals surface area contributed by atoms with Gasteiger partial charge in [0.15, 0.2) is 27.0 Å². The molecular formula is C24H25ClN10O2S. The van der Waals surface area contributed by atoms with E-state index in [0.29, 0.717) is 72.1 Å². The van der Waals surface area contributed by atoms with Gasteiger partial charge in [-0.25, -0.2) is 13.4 Å². The van der Waals surface area contributed by atoms with Crippen LogP contribution in [0.2, 0.25) is 5.02 Å². The zero-order chi connectivity index (χ0) is 26.4. The van der Waals surface area contributed by atoms with E-state index >= 15 is 0 Å². The highest BCUT2D eigenvalue weighted by atomic mass is 35.5. The third-order valence-corrected chi connectivity index (χ3v) is 9.35. The van der Waals surface area contributed by atoms with Gasteiger partial charge >= 0.3 is 0 Å². The van der Waals surface area contributed by atoms with E-state index in [9.17, 15) is 18.9 Å². The second-order valence-corrected chi connectivity index (χ2v) is 12.5. The van der Waals surface area contributed by atoms with Crippen molar-refractivity contribution in [2.45, 2.75) is 31.3 Å². The predicted octanol–water partition coefficient (Wildman–Crippen LogP) is 2.15. The monoisotopic (exact) mass is 552 g/mol. The number of aromatic nitrogens is 4. The Balaban J connectivity index is 1.27. The molecule has 3 aromatic rings. The molecule has 1 atom stereocenters. The third-order valence-electron chi connectivity index (χ3n) is 7.20. The number of nitrogens with one attached hydrogen (secondary N) is 2. The van der Waals surface area contributed by atoms with E-state index in [2.05, 4.69) is 47.6 Å². The number of nitrogens with zero attached hydrogens (tertiary/aromatic N) is 8. The van der Waals surface area contributed by atoms with Crippen LogP contribution in [0.5, 0.6) is 0 Å². The molecule has 2 aliphatic heterocycles. The highest BCUT2D eigenvalue weighted by Gasteiger charge is 2.34. The Hall–Kier alpha value is -3.65. The Morgan fingerprint density at radius 2 is 1.87 bits per heavy atom. The average molecular weight is 553 g/mol. The van der Waals surface area contributed by atoms with Crippen molar-refractivity contribution in [2.75, 3.05) is 53.2 Å². The first-order chi connectivity index (χ1) is 18.3. The van der Waals surface area contributed by atoms with Crippen molar-refractivity contribution < 1.29 is 8.42 Å². The van der Waals surface area contributed by atoms with Crippen molar-refractivity contribution in [1.29, 1.82) is 10.5 Å². The quantitative estimate of drug-likeness (QED) is 0.462. The van der Waals surface area contributed by atoms with E-state index in [-0.39, 0.29) is 29.2 Å². The number of nitriles is 2. The Bertz CT molecular complexity index is 1600. The van der Waals surface area contributed by atoms with Gasteiger partial charge in [-0.2, -0.15) is 20.0 Å². The Kier molecular flexibility index (Phi) is 6.22. The Morgan fingerprint density at radius 1 is 1.08 bits per heavy atom. The van der Waals surface area contributed by atoms with Gasteiger partial charge < -0.3 is 15.5 Å². The molecule has 6 rings (SSSR count). The van der Waals surface area contributed by atoms with Crippen LogP contribution >= 0.6 is 11.6 Å². The zero-order valence-electron chi connectivity index (χ0n) is 20.4. The van der Waals surface area contributed by atoms with Crippen LogP contribution in [0.3, 0.4) is 0 Å². The minimum absolute atomic E-state index is 0.0623. The van der Waals surface area contributed by atoms with Gasteiger partial charge in [-0.05, 0) is 31.4 Å². The molecule has 196 valence electrons. The average Bonchev–Trinajstić information content (AvgIpc) is 3.51. The van der Waals surface area contributed by atoms with Crippen molar-refractivity contribution in [3.05, 3.63) is 34.6 Å². The van der Waals surface area contributed by atoms with E-state index in [4.69, 9.17) is 11.6 Å². The molecule has 0 amide bonds. The molecule has 2 saturated heterocycles. The van der Waals surface area contributed by atoms with Crippen LogP contribution in [0.25, 0.3) is 5.65 Å². The van der Waals surface area contributed by atoms with Crippen LogP contribution in [0, 0.1) is 22.7 Å². The van der Waals surface area contributed by atoms with Gasteiger partial charge in [-0.3, -0.25) is 4.90 Å². The molecule has 38 heavy (non-hydrogen) atoms. The summed E-state index contributed by atoms with van der Waals surface area (Å²) in [5.74, 6) is 1.21. The van der Waals surface area contributed by atoms with Gasteiger partial charge in [0.05, 0.1) is 45.7 Å². The molecule has 1 unspecified atom stereocenters. The van der Waals surface area contributed by atoms with Gasteiger partial charge in [0, 0.05) is 38.3 Å². The molecule has 1 aromatic carbocycles. The van der Waals surface area contributed by atoms with Crippen LogP contribution < -0.4 is 15.5 Å². The fourth-order valence-electron chi connectivity index (χ4n) is 5.04. The van der Waals surface area contributed by atoms with Gasteiger partial charge in [-0.1, -0.05) is 11.6 Å². The number of imidazole rings is 1. The van der Waals surface area contributed by atoms with Crippen LogP contribution in [0.1, 0.15) is 30.5 Å². The molecular weight excluding hydrogens is 528 g/mol. The first kappa shape index (κ1) is 24.7. The fourth-order valence-corrected chi connectivity index (χ4v) is 7.07. The van der Waals surface area contributed by atoms with E-state index < -0.39 is 9.84 Å². The molecule has 2 aromatic heterocycles. The molecule has 0 radical (unpaired) electrons. The summed E-state index contributed by atoms with van der Waals surface area (Å²) in [5.41, 5.74) is 2.35. The summed E-state index contributed by atoms with van der Waals surface area (Å²) >= 11 is 6.86. The van der Waals surface area contributed by atoms with Crippen molar-refractivity contribution in [1.82, 2.24) is 24.5 Å². The van der Waals surface area contributed by atoms with Crippen molar-refractivity contribution in [2.24, 2.45) is 0 Å². The van der Waals surface area contributed by atoms with E-state index in [1.807, 2.05) is 0 Å². The largest absolute Gasteiger partial charge is 0.368 e. The molecule has 0 spiro atoms. The van der Waals surface area contributed by atoms with Crippen molar-refractivity contribution in [3.8, 4) is 12.1 Å².